The average molecular weight is 286 g/mol. The number of hydrogen-bond donors (Lipinski definition) is 1. The van der Waals surface area contributed by atoms with Crippen LogP contribution in [0, 0.1) is 17.8 Å². The monoisotopic (exact) mass is 286 g/mol. The fourth-order valence-electron chi connectivity index (χ4n) is 5.75. The van der Waals surface area contributed by atoms with Crippen LogP contribution in [0.3, 0.4) is 0 Å². The summed E-state index contributed by atoms with van der Waals surface area (Å²) in [6, 6.07) is 0.780. The van der Waals surface area contributed by atoms with Gasteiger partial charge >= 0.3 is 0 Å². The molecular formula is C18H26N2O. The van der Waals surface area contributed by atoms with Gasteiger partial charge in [-0.3, -0.25) is 0 Å². The highest BCUT2D eigenvalue weighted by Crippen LogP contribution is 2.60. The minimum atomic E-state index is 0.365. The second-order valence-corrected chi connectivity index (χ2v) is 8.29. The Bertz CT molecular complexity index is 496. The zero-order chi connectivity index (χ0) is 13.9. The van der Waals surface area contributed by atoms with Crippen LogP contribution in [0.15, 0.2) is 10.6 Å². The van der Waals surface area contributed by atoms with Crippen molar-refractivity contribution in [3.63, 3.8) is 0 Å². The lowest BCUT2D eigenvalue weighted by Crippen LogP contribution is -2.48. The van der Waals surface area contributed by atoms with Crippen molar-refractivity contribution >= 4 is 0 Å². The molecule has 0 atom stereocenters. The van der Waals surface area contributed by atoms with Crippen molar-refractivity contribution < 1.29 is 4.42 Å². The summed E-state index contributed by atoms with van der Waals surface area (Å²) in [5.74, 6) is 5.10. The number of oxazole rings is 1. The van der Waals surface area contributed by atoms with Crippen LogP contribution < -0.4 is 5.32 Å². The first-order valence-electron chi connectivity index (χ1n) is 8.98. The zero-order valence-electron chi connectivity index (χ0n) is 12.8. The molecule has 0 spiro atoms. The van der Waals surface area contributed by atoms with Gasteiger partial charge in [-0.1, -0.05) is 0 Å². The largest absolute Gasteiger partial charge is 0.445 e. The van der Waals surface area contributed by atoms with Crippen LogP contribution in [0.1, 0.15) is 63.0 Å². The van der Waals surface area contributed by atoms with Gasteiger partial charge in [0.05, 0.1) is 6.20 Å². The van der Waals surface area contributed by atoms with Gasteiger partial charge in [0.2, 0.25) is 0 Å². The molecule has 0 unspecified atom stereocenters. The van der Waals surface area contributed by atoms with Crippen molar-refractivity contribution in [3.8, 4) is 0 Å². The second-order valence-electron chi connectivity index (χ2n) is 8.29. The molecule has 114 valence electrons. The Morgan fingerprint density at radius 2 is 1.76 bits per heavy atom. The van der Waals surface area contributed by atoms with E-state index >= 15 is 0 Å². The molecule has 5 aliphatic rings. The summed E-state index contributed by atoms with van der Waals surface area (Å²) in [4.78, 5) is 4.58. The normalized spacial score (nSPS) is 40.9. The van der Waals surface area contributed by atoms with Crippen LogP contribution in [0.4, 0.5) is 0 Å². The predicted octanol–water partition coefficient (Wildman–Crippen LogP) is 3.44. The number of nitrogens with one attached hydrogen (secondary N) is 1. The van der Waals surface area contributed by atoms with Crippen LogP contribution in [0.2, 0.25) is 0 Å². The Hall–Kier alpha value is -0.830. The molecule has 3 heteroatoms. The fraction of sp³-hybridized carbons (Fsp3) is 0.833. The SMILES string of the molecule is c1nc(CCNC2CC2)oc1C12CC3CC(CC(C3)C1)C2. The highest BCUT2D eigenvalue weighted by atomic mass is 16.4. The van der Waals surface area contributed by atoms with Crippen molar-refractivity contribution in [1.29, 1.82) is 0 Å². The third-order valence-electron chi connectivity index (χ3n) is 6.46. The van der Waals surface area contributed by atoms with Gasteiger partial charge in [-0.15, -0.1) is 0 Å². The molecule has 1 heterocycles. The first-order chi connectivity index (χ1) is 10.3. The maximum absolute atomic E-state index is 6.22. The molecule has 5 saturated carbocycles. The van der Waals surface area contributed by atoms with Crippen LogP contribution >= 0.6 is 0 Å². The average Bonchev–Trinajstić information content (AvgIpc) is 3.12. The van der Waals surface area contributed by atoms with Gasteiger partial charge in [-0.25, -0.2) is 4.98 Å². The number of hydrogen-bond acceptors (Lipinski definition) is 3. The Labute approximate surface area is 126 Å². The van der Waals surface area contributed by atoms with Crippen molar-refractivity contribution in [2.24, 2.45) is 17.8 Å². The summed E-state index contributed by atoms with van der Waals surface area (Å²) < 4.78 is 6.22. The molecular weight excluding hydrogens is 260 g/mol. The van der Waals surface area contributed by atoms with Crippen molar-refractivity contribution in [3.05, 3.63) is 17.8 Å². The standard InChI is InChI=1S/C18H26N2O/c1-2-15(1)19-4-3-17-20-11-16(21-17)18-8-12-5-13(9-18)7-14(6-12)10-18/h11-15,19H,1-10H2. The van der Waals surface area contributed by atoms with E-state index in [4.69, 9.17) is 4.42 Å². The summed E-state index contributed by atoms with van der Waals surface area (Å²) >= 11 is 0. The third kappa shape index (κ3) is 2.25. The minimum absolute atomic E-state index is 0.365. The molecule has 21 heavy (non-hydrogen) atoms. The van der Waals surface area contributed by atoms with E-state index in [0.717, 1.165) is 42.7 Å². The van der Waals surface area contributed by atoms with Gasteiger partial charge < -0.3 is 9.73 Å². The maximum Gasteiger partial charge on any atom is 0.195 e. The molecule has 0 aromatic carbocycles. The summed E-state index contributed by atoms with van der Waals surface area (Å²) in [7, 11) is 0. The molecule has 3 nitrogen and oxygen atoms in total. The van der Waals surface area contributed by atoms with E-state index in [9.17, 15) is 0 Å². The minimum Gasteiger partial charge on any atom is -0.445 e. The van der Waals surface area contributed by atoms with Crippen molar-refractivity contribution in [2.75, 3.05) is 6.54 Å². The summed E-state index contributed by atoms with van der Waals surface area (Å²) in [5, 5.41) is 3.55. The molecule has 1 N–H and O–H groups in total. The van der Waals surface area contributed by atoms with E-state index in [0.29, 0.717) is 5.41 Å². The van der Waals surface area contributed by atoms with E-state index in [-0.39, 0.29) is 0 Å². The number of aromatic nitrogens is 1. The van der Waals surface area contributed by atoms with Gasteiger partial charge in [0, 0.05) is 24.4 Å². The summed E-state index contributed by atoms with van der Waals surface area (Å²) in [6.07, 6.45) is 14.3. The molecule has 1 aromatic heterocycles. The quantitative estimate of drug-likeness (QED) is 0.901. The first-order valence-corrected chi connectivity index (χ1v) is 8.98. The maximum atomic E-state index is 6.22. The first kappa shape index (κ1) is 12.7. The van der Waals surface area contributed by atoms with Crippen molar-refractivity contribution in [1.82, 2.24) is 10.3 Å². The van der Waals surface area contributed by atoms with E-state index in [2.05, 4.69) is 16.5 Å². The van der Waals surface area contributed by atoms with Gasteiger partial charge in [0.1, 0.15) is 5.76 Å². The zero-order valence-corrected chi connectivity index (χ0v) is 12.8. The van der Waals surface area contributed by atoms with Gasteiger partial charge in [0.15, 0.2) is 5.89 Å². The van der Waals surface area contributed by atoms with E-state index in [1.54, 1.807) is 0 Å². The molecule has 0 radical (unpaired) electrons. The predicted molar refractivity (Wildman–Crippen MR) is 81.1 cm³/mol. The van der Waals surface area contributed by atoms with Crippen molar-refractivity contribution in [2.45, 2.75) is 69.2 Å². The molecule has 5 aliphatic carbocycles. The van der Waals surface area contributed by atoms with Gasteiger partial charge in [0.25, 0.3) is 0 Å². The van der Waals surface area contributed by atoms with Crippen LogP contribution in [-0.2, 0) is 11.8 Å². The molecule has 6 rings (SSSR count). The Morgan fingerprint density at radius 3 is 2.38 bits per heavy atom. The topological polar surface area (TPSA) is 38.1 Å². The fourth-order valence-corrected chi connectivity index (χ4v) is 5.75. The summed E-state index contributed by atoms with van der Waals surface area (Å²) in [5.41, 5.74) is 0.365. The summed E-state index contributed by atoms with van der Waals surface area (Å²) in [6.45, 7) is 1.02. The Kier molecular flexibility index (Phi) is 2.77. The van der Waals surface area contributed by atoms with E-state index in [1.165, 1.54) is 57.1 Å². The van der Waals surface area contributed by atoms with Crippen LogP contribution in [0.5, 0.6) is 0 Å². The van der Waals surface area contributed by atoms with E-state index < -0.39 is 0 Å². The molecule has 4 bridgehead atoms. The van der Waals surface area contributed by atoms with Crippen LogP contribution in [0.25, 0.3) is 0 Å². The lowest BCUT2D eigenvalue weighted by molar-refractivity contribution is -0.0155. The molecule has 0 amide bonds. The lowest BCUT2D eigenvalue weighted by Gasteiger charge is -2.55. The Balaban J connectivity index is 1.31. The number of nitrogens with zero attached hydrogens (tertiary/aromatic N) is 1. The van der Waals surface area contributed by atoms with Gasteiger partial charge in [-0.2, -0.15) is 0 Å². The third-order valence-corrected chi connectivity index (χ3v) is 6.46. The lowest BCUT2D eigenvalue weighted by atomic mass is 9.49. The number of rotatable bonds is 5. The molecule has 5 fully saturated rings. The van der Waals surface area contributed by atoms with Gasteiger partial charge in [-0.05, 0) is 69.1 Å². The second kappa shape index (κ2) is 4.58. The molecule has 0 aliphatic heterocycles. The van der Waals surface area contributed by atoms with E-state index in [1.807, 2.05) is 0 Å². The smallest absolute Gasteiger partial charge is 0.195 e. The highest BCUT2D eigenvalue weighted by molar-refractivity contribution is 5.19. The Morgan fingerprint density at radius 1 is 1.10 bits per heavy atom. The van der Waals surface area contributed by atoms with Crippen LogP contribution in [-0.4, -0.2) is 17.6 Å². The molecule has 1 aromatic rings. The highest BCUT2D eigenvalue weighted by Gasteiger charge is 2.53. The molecule has 0 saturated heterocycles.